The second-order valence-electron chi connectivity index (χ2n) is 4.78. The van der Waals surface area contributed by atoms with Crippen molar-refractivity contribution in [1.29, 1.82) is 0 Å². The maximum atomic E-state index is 3.99. The Bertz CT molecular complexity index is 149. The molecule has 0 heterocycles. The first-order valence-corrected chi connectivity index (χ1v) is 5.94. The minimum absolute atomic E-state index is 0.648. The van der Waals surface area contributed by atoms with E-state index in [9.17, 15) is 0 Å². The molecule has 0 rings (SSSR count). The van der Waals surface area contributed by atoms with Crippen LogP contribution in [0.1, 0.15) is 53.4 Å². The van der Waals surface area contributed by atoms with Gasteiger partial charge in [-0.3, -0.25) is 0 Å². The van der Waals surface area contributed by atoms with Crippen LogP contribution in [0.5, 0.6) is 0 Å². The van der Waals surface area contributed by atoms with Gasteiger partial charge in [0.15, 0.2) is 0 Å². The molecule has 0 aliphatic heterocycles. The summed E-state index contributed by atoms with van der Waals surface area (Å²) in [7, 11) is 0. The second-order valence-corrected chi connectivity index (χ2v) is 4.78. The summed E-state index contributed by atoms with van der Waals surface area (Å²) >= 11 is 0. The van der Waals surface area contributed by atoms with Crippen LogP contribution in [0.4, 0.5) is 0 Å². The summed E-state index contributed by atoms with van der Waals surface area (Å²) < 4.78 is 0. The fourth-order valence-corrected chi connectivity index (χ4v) is 1.58. The van der Waals surface area contributed by atoms with Crippen molar-refractivity contribution in [3.05, 3.63) is 12.2 Å². The van der Waals surface area contributed by atoms with E-state index >= 15 is 0 Å². The van der Waals surface area contributed by atoms with Gasteiger partial charge in [-0.15, -0.1) is 6.58 Å². The van der Waals surface area contributed by atoms with Gasteiger partial charge in [0.25, 0.3) is 0 Å². The molecule has 0 spiro atoms. The van der Waals surface area contributed by atoms with E-state index in [4.69, 9.17) is 0 Å². The van der Waals surface area contributed by atoms with Crippen LogP contribution in [0.2, 0.25) is 0 Å². The van der Waals surface area contributed by atoms with Crippen molar-refractivity contribution in [2.24, 2.45) is 5.92 Å². The predicted octanol–water partition coefficient (Wildman–Crippen LogP) is 3.76. The Morgan fingerprint density at radius 1 is 1.29 bits per heavy atom. The van der Waals surface area contributed by atoms with Gasteiger partial charge in [0, 0.05) is 6.04 Å². The lowest BCUT2D eigenvalue weighted by Crippen LogP contribution is -2.30. The Morgan fingerprint density at radius 3 is 2.36 bits per heavy atom. The van der Waals surface area contributed by atoms with Crippen LogP contribution in [0, 0.1) is 5.92 Å². The van der Waals surface area contributed by atoms with E-state index < -0.39 is 0 Å². The Kier molecular flexibility index (Phi) is 7.87. The van der Waals surface area contributed by atoms with Gasteiger partial charge in [0.05, 0.1) is 0 Å². The summed E-state index contributed by atoms with van der Waals surface area (Å²) in [6, 6.07) is 0.648. The van der Waals surface area contributed by atoms with Crippen LogP contribution < -0.4 is 5.32 Å². The van der Waals surface area contributed by atoms with Gasteiger partial charge in [0.1, 0.15) is 0 Å². The molecule has 0 aromatic rings. The maximum absolute atomic E-state index is 3.99. The fraction of sp³-hybridized carbons (Fsp3) is 0.846. The maximum Gasteiger partial charge on any atom is 0.0104 e. The summed E-state index contributed by atoms with van der Waals surface area (Å²) in [5.74, 6) is 0.811. The number of nitrogens with one attached hydrogen (secondary N) is 1. The molecule has 0 fully saturated rings. The molecule has 1 unspecified atom stereocenters. The Hall–Kier alpha value is -0.300. The van der Waals surface area contributed by atoms with Crippen molar-refractivity contribution in [3.8, 4) is 0 Å². The highest BCUT2D eigenvalue weighted by molar-refractivity contribution is 4.92. The number of hydrogen-bond donors (Lipinski definition) is 1. The Labute approximate surface area is 90.0 Å². The average molecular weight is 197 g/mol. The van der Waals surface area contributed by atoms with E-state index in [1.807, 2.05) is 0 Å². The van der Waals surface area contributed by atoms with Crippen molar-refractivity contribution < 1.29 is 0 Å². The van der Waals surface area contributed by atoms with Crippen LogP contribution in [0.3, 0.4) is 0 Å². The summed E-state index contributed by atoms with van der Waals surface area (Å²) in [5.41, 5.74) is 1.29. The number of hydrogen-bond acceptors (Lipinski definition) is 1. The lowest BCUT2D eigenvalue weighted by molar-refractivity contribution is 0.427. The Balaban J connectivity index is 3.78. The first kappa shape index (κ1) is 13.7. The second kappa shape index (κ2) is 8.05. The van der Waals surface area contributed by atoms with E-state index in [1.165, 1.54) is 24.8 Å². The van der Waals surface area contributed by atoms with Crippen molar-refractivity contribution in [2.75, 3.05) is 6.54 Å². The molecule has 0 aliphatic carbocycles. The molecule has 0 bridgehead atoms. The minimum Gasteiger partial charge on any atom is -0.314 e. The molecular weight excluding hydrogens is 170 g/mol. The summed E-state index contributed by atoms with van der Waals surface area (Å²) in [6.45, 7) is 14.0. The fourth-order valence-electron chi connectivity index (χ4n) is 1.58. The molecule has 0 aromatic carbocycles. The zero-order valence-corrected chi connectivity index (χ0v) is 10.4. The Morgan fingerprint density at radius 2 is 1.93 bits per heavy atom. The molecule has 0 aromatic heterocycles. The third-order valence-corrected chi connectivity index (χ3v) is 2.37. The van der Waals surface area contributed by atoms with Gasteiger partial charge in [-0.25, -0.2) is 0 Å². The summed E-state index contributed by atoms with van der Waals surface area (Å²) in [4.78, 5) is 0. The van der Waals surface area contributed by atoms with Crippen LogP contribution in [-0.4, -0.2) is 12.6 Å². The largest absolute Gasteiger partial charge is 0.314 e. The molecule has 1 N–H and O–H groups in total. The van der Waals surface area contributed by atoms with E-state index in [2.05, 4.69) is 39.6 Å². The molecule has 0 saturated heterocycles. The predicted molar refractivity (Wildman–Crippen MR) is 65.6 cm³/mol. The summed E-state index contributed by atoms with van der Waals surface area (Å²) in [5, 5.41) is 3.60. The average Bonchev–Trinajstić information content (AvgIpc) is 2.09. The molecule has 0 aliphatic rings. The van der Waals surface area contributed by atoms with Crippen LogP contribution in [-0.2, 0) is 0 Å². The lowest BCUT2D eigenvalue weighted by atomic mass is 9.99. The van der Waals surface area contributed by atoms with Gasteiger partial charge < -0.3 is 5.32 Å². The minimum atomic E-state index is 0.648. The first-order valence-electron chi connectivity index (χ1n) is 5.94. The molecule has 1 atom stereocenters. The van der Waals surface area contributed by atoms with Crippen molar-refractivity contribution in [1.82, 2.24) is 5.32 Å². The zero-order chi connectivity index (χ0) is 11.0. The molecule has 0 amide bonds. The standard InChI is InChI=1S/C13H27N/c1-6-9-14-13(10-12(4)5)8-7-11(2)3/h11,13-14H,4,6-10H2,1-3,5H3. The quantitative estimate of drug-likeness (QED) is 0.584. The van der Waals surface area contributed by atoms with Gasteiger partial charge in [-0.2, -0.15) is 0 Å². The lowest BCUT2D eigenvalue weighted by Gasteiger charge is -2.19. The molecular formula is C13H27N. The SMILES string of the molecule is C=C(C)CC(CCC(C)C)NCCC. The van der Waals surface area contributed by atoms with E-state index in [0.717, 1.165) is 18.9 Å². The van der Waals surface area contributed by atoms with Gasteiger partial charge in [0.2, 0.25) is 0 Å². The third-order valence-electron chi connectivity index (χ3n) is 2.37. The van der Waals surface area contributed by atoms with Crippen LogP contribution in [0.15, 0.2) is 12.2 Å². The van der Waals surface area contributed by atoms with Crippen molar-refractivity contribution in [2.45, 2.75) is 59.4 Å². The monoisotopic (exact) mass is 197 g/mol. The van der Waals surface area contributed by atoms with Gasteiger partial charge in [-0.05, 0) is 45.1 Å². The molecule has 0 saturated carbocycles. The van der Waals surface area contributed by atoms with Gasteiger partial charge in [-0.1, -0.05) is 26.3 Å². The molecule has 1 nitrogen and oxygen atoms in total. The number of rotatable bonds is 8. The highest BCUT2D eigenvalue weighted by Crippen LogP contribution is 2.12. The summed E-state index contributed by atoms with van der Waals surface area (Å²) in [6.07, 6.45) is 4.94. The van der Waals surface area contributed by atoms with Gasteiger partial charge >= 0.3 is 0 Å². The first-order chi connectivity index (χ1) is 6.56. The van der Waals surface area contributed by atoms with Crippen LogP contribution >= 0.6 is 0 Å². The van der Waals surface area contributed by atoms with Crippen molar-refractivity contribution in [3.63, 3.8) is 0 Å². The van der Waals surface area contributed by atoms with Crippen molar-refractivity contribution >= 4 is 0 Å². The highest BCUT2D eigenvalue weighted by atomic mass is 14.9. The van der Waals surface area contributed by atoms with E-state index in [1.54, 1.807) is 0 Å². The molecule has 14 heavy (non-hydrogen) atoms. The molecule has 84 valence electrons. The van der Waals surface area contributed by atoms with E-state index in [-0.39, 0.29) is 0 Å². The molecule has 0 radical (unpaired) electrons. The molecule has 1 heteroatoms. The zero-order valence-electron chi connectivity index (χ0n) is 10.4. The van der Waals surface area contributed by atoms with E-state index in [0.29, 0.717) is 6.04 Å². The highest BCUT2D eigenvalue weighted by Gasteiger charge is 2.08. The normalized spacial score (nSPS) is 13.2. The topological polar surface area (TPSA) is 12.0 Å². The third kappa shape index (κ3) is 8.31. The van der Waals surface area contributed by atoms with Crippen LogP contribution in [0.25, 0.3) is 0 Å². The smallest absolute Gasteiger partial charge is 0.0104 e.